The summed E-state index contributed by atoms with van der Waals surface area (Å²) in [4.78, 5) is 0. The van der Waals surface area contributed by atoms with Crippen molar-refractivity contribution in [3.8, 4) is 5.75 Å². The second-order valence-electron chi connectivity index (χ2n) is 5.70. The fourth-order valence-electron chi connectivity index (χ4n) is 1.44. The number of rotatable bonds is 5. The zero-order valence-corrected chi connectivity index (χ0v) is 13.3. The van der Waals surface area contributed by atoms with Gasteiger partial charge < -0.3 is 4.74 Å². The number of nitrogens with one attached hydrogen (secondary N) is 1. The summed E-state index contributed by atoms with van der Waals surface area (Å²) in [6.45, 7) is 5.99. The van der Waals surface area contributed by atoms with Crippen molar-refractivity contribution in [3.05, 3.63) is 29.8 Å². The number of ether oxygens (including phenoxy) is 1. The predicted octanol–water partition coefficient (Wildman–Crippen LogP) is 3.74. The molecule has 0 aromatic heterocycles. The van der Waals surface area contributed by atoms with Gasteiger partial charge in [-0.1, -0.05) is 12.1 Å². The smallest absolute Gasteiger partial charge is 0.422 e. The van der Waals surface area contributed by atoms with Crippen LogP contribution in [0.1, 0.15) is 39.3 Å². The molecule has 0 aliphatic carbocycles. The summed E-state index contributed by atoms with van der Waals surface area (Å²) < 4.78 is 55.6. The third-order valence-corrected chi connectivity index (χ3v) is 4.28. The zero-order chi connectivity index (χ0) is 16.3. The zero-order valence-electron chi connectivity index (χ0n) is 12.5. The van der Waals surface area contributed by atoms with Crippen molar-refractivity contribution in [2.45, 2.75) is 44.7 Å². The van der Waals surface area contributed by atoms with Gasteiger partial charge in [-0.2, -0.15) is 13.2 Å². The molecule has 0 aliphatic heterocycles. The third kappa shape index (κ3) is 6.48. The topological polar surface area (TPSA) is 38.3 Å². The Kier molecular flexibility index (Phi) is 5.81. The van der Waals surface area contributed by atoms with Crippen LogP contribution in [0.5, 0.6) is 5.75 Å². The highest BCUT2D eigenvalue weighted by Crippen LogP contribution is 2.23. The van der Waals surface area contributed by atoms with Gasteiger partial charge in [-0.05, 0) is 45.4 Å². The van der Waals surface area contributed by atoms with E-state index in [1.165, 1.54) is 12.1 Å². The first-order valence-electron chi connectivity index (χ1n) is 6.46. The normalized spacial score (nSPS) is 15.6. The molecule has 0 fully saturated rings. The lowest BCUT2D eigenvalue weighted by molar-refractivity contribution is -0.153. The van der Waals surface area contributed by atoms with Gasteiger partial charge in [0.15, 0.2) is 6.61 Å². The van der Waals surface area contributed by atoms with Crippen LogP contribution in [0, 0.1) is 0 Å². The molecule has 0 saturated carbocycles. The van der Waals surface area contributed by atoms with Crippen molar-refractivity contribution >= 4 is 11.0 Å². The van der Waals surface area contributed by atoms with E-state index in [1.54, 1.807) is 19.1 Å². The maximum absolute atomic E-state index is 12.1. The third-order valence-electron chi connectivity index (χ3n) is 2.60. The Morgan fingerprint density at radius 2 is 1.90 bits per heavy atom. The van der Waals surface area contributed by atoms with E-state index in [4.69, 9.17) is 4.74 Å². The average molecular weight is 323 g/mol. The Balaban J connectivity index is 2.73. The van der Waals surface area contributed by atoms with E-state index in [1.807, 2.05) is 20.8 Å². The molecule has 1 N–H and O–H groups in total. The van der Waals surface area contributed by atoms with Gasteiger partial charge in [0.1, 0.15) is 5.75 Å². The van der Waals surface area contributed by atoms with E-state index >= 15 is 0 Å². The molecule has 2 atom stereocenters. The van der Waals surface area contributed by atoms with Gasteiger partial charge in [0.05, 0.1) is 15.7 Å². The van der Waals surface area contributed by atoms with Gasteiger partial charge in [0.25, 0.3) is 0 Å². The number of hydrogen-bond donors (Lipinski definition) is 1. The summed E-state index contributed by atoms with van der Waals surface area (Å²) in [6, 6.07) is 6.07. The first-order valence-corrected chi connectivity index (χ1v) is 7.61. The van der Waals surface area contributed by atoms with Crippen LogP contribution in [-0.2, 0) is 11.0 Å². The van der Waals surface area contributed by atoms with Gasteiger partial charge in [-0.3, -0.25) is 0 Å². The molecule has 120 valence electrons. The van der Waals surface area contributed by atoms with E-state index in [0.717, 1.165) is 0 Å². The Bertz CT molecular complexity index is 498. The van der Waals surface area contributed by atoms with Crippen LogP contribution < -0.4 is 9.46 Å². The molecule has 0 bridgehead atoms. The highest BCUT2D eigenvalue weighted by atomic mass is 32.2. The Hall–Kier alpha value is -1.08. The number of alkyl halides is 3. The lowest BCUT2D eigenvalue weighted by atomic mass is 10.1. The predicted molar refractivity (Wildman–Crippen MR) is 77.4 cm³/mol. The van der Waals surface area contributed by atoms with E-state index in [9.17, 15) is 17.4 Å². The Labute approximate surface area is 125 Å². The number of halogens is 3. The molecule has 21 heavy (non-hydrogen) atoms. The first-order chi connectivity index (χ1) is 9.49. The summed E-state index contributed by atoms with van der Waals surface area (Å²) in [5.41, 5.74) is 0.715. The standard InChI is InChI=1S/C14H20F3NO2S/c1-10(18-21(19)13(2,3)4)11-6-5-7-12(8-11)20-9-14(15,16)17/h5-8,10,18H,9H2,1-4H3/t10-,21?/m0/s1. The van der Waals surface area contributed by atoms with Crippen LogP contribution in [0.15, 0.2) is 24.3 Å². The quantitative estimate of drug-likeness (QED) is 0.896. The van der Waals surface area contributed by atoms with Gasteiger partial charge in [-0.15, -0.1) is 0 Å². The minimum absolute atomic E-state index is 0.139. The van der Waals surface area contributed by atoms with Crippen LogP contribution in [0.4, 0.5) is 13.2 Å². The van der Waals surface area contributed by atoms with Crippen LogP contribution in [0.25, 0.3) is 0 Å². The molecule has 0 radical (unpaired) electrons. The largest absolute Gasteiger partial charge is 0.484 e. The summed E-state index contributed by atoms with van der Waals surface area (Å²) in [5, 5.41) is 0. The summed E-state index contributed by atoms with van der Waals surface area (Å²) >= 11 is 0. The monoisotopic (exact) mass is 323 g/mol. The molecule has 1 aromatic rings. The fraction of sp³-hybridized carbons (Fsp3) is 0.571. The van der Waals surface area contributed by atoms with Crippen LogP contribution in [0.3, 0.4) is 0 Å². The van der Waals surface area contributed by atoms with Gasteiger partial charge >= 0.3 is 6.18 Å². The maximum Gasteiger partial charge on any atom is 0.422 e. The van der Waals surface area contributed by atoms with Crippen LogP contribution >= 0.6 is 0 Å². The molecule has 0 saturated heterocycles. The molecule has 0 heterocycles. The summed E-state index contributed by atoms with van der Waals surface area (Å²) in [6.07, 6.45) is -4.37. The van der Waals surface area contributed by atoms with Crippen molar-refractivity contribution < 1.29 is 22.1 Å². The minimum Gasteiger partial charge on any atom is -0.484 e. The van der Waals surface area contributed by atoms with E-state index in [0.29, 0.717) is 5.56 Å². The fourth-order valence-corrected chi connectivity index (χ4v) is 2.25. The highest BCUT2D eigenvalue weighted by molar-refractivity contribution is 7.84. The van der Waals surface area contributed by atoms with Crippen LogP contribution in [0.2, 0.25) is 0 Å². The lowest BCUT2D eigenvalue weighted by Gasteiger charge is -2.22. The molecular weight excluding hydrogens is 303 g/mol. The number of hydrogen-bond acceptors (Lipinski definition) is 2. The highest BCUT2D eigenvalue weighted by Gasteiger charge is 2.28. The Morgan fingerprint density at radius 3 is 2.43 bits per heavy atom. The van der Waals surface area contributed by atoms with Crippen LogP contribution in [-0.4, -0.2) is 21.7 Å². The van der Waals surface area contributed by atoms with Crippen molar-refractivity contribution in [2.24, 2.45) is 0 Å². The second-order valence-corrected chi connectivity index (χ2v) is 7.69. The Morgan fingerprint density at radius 1 is 1.29 bits per heavy atom. The maximum atomic E-state index is 12.1. The van der Waals surface area contributed by atoms with Gasteiger partial charge in [0, 0.05) is 6.04 Å². The SMILES string of the molecule is C[C@H](NS(=O)C(C)(C)C)c1cccc(OCC(F)(F)F)c1. The first kappa shape index (κ1) is 18.0. The molecule has 0 spiro atoms. The van der Waals surface area contributed by atoms with E-state index in [2.05, 4.69) is 4.72 Å². The van der Waals surface area contributed by atoms with E-state index in [-0.39, 0.29) is 11.8 Å². The molecular formula is C14H20F3NO2S. The summed E-state index contributed by atoms with van der Waals surface area (Å²) in [5.74, 6) is 0.139. The van der Waals surface area contributed by atoms with Crippen molar-refractivity contribution in [1.29, 1.82) is 0 Å². The second kappa shape index (κ2) is 6.79. The van der Waals surface area contributed by atoms with Gasteiger partial charge in [0.2, 0.25) is 0 Å². The molecule has 1 unspecified atom stereocenters. The summed E-state index contributed by atoms with van der Waals surface area (Å²) in [7, 11) is -1.26. The molecule has 3 nitrogen and oxygen atoms in total. The van der Waals surface area contributed by atoms with Crippen molar-refractivity contribution in [1.82, 2.24) is 4.72 Å². The lowest BCUT2D eigenvalue weighted by Crippen LogP contribution is -2.34. The van der Waals surface area contributed by atoms with Crippen molar-refractivity contribution in [2.75, 3.05) is 6.61 Å². The molecule has 0 aliphatic rings. The van der Waals surface area contributed by atoms with E-state index < -0.39 is 28.5 Å². The minimum atomic E-state index is -4.37. The number of benzene rings is 1. The molecule has 1 rings (SSSR count). The van der Waals surface area contributed by atoms with Gasteiger partial charge in [-0.25, -0.2) is 8.93 Å². The molecule has 7 heteroatoms. The average Bonchev–Trinajstić information content (AvgIpc) is 2.34. The van der Waals surface area contributed by atoms with Crippen molar-refractivity contribution in [3.63, 3.8) is 0 Å². The molecule has 1 aromatic carbocycles. The molecule has 0 amide bonds.